The van der Waals surface area contributed by atoms with Gasteiger partial charge in [0.1, 0.15) is 201 Å². The Bertz CT molecular complexity index is 2880. The number of amides is 4. The Morgan fingerprint density at radius 2 is 0.682 bits per heavy atom. The lowest BCUT2D eigenvalue weighted by Crippen LogP contribution is -2.71. The molecule has 8 heterocycles. The molecule has 110 heavy (non-hydrogen) atoms. The topological polar surface area (TPSA) is 750 Å². The highest BCUT2D eigenvalue weighted by atomic mass is 16.8. The van der Waals surface area contributed by atoms with E-state index in [2.05, 4.69) is 21.3 Å². The van der Waals surface area contributed by atoms with Gasteiger partial charge in [0.15, 0.2) is 50.3 Å². The molecule has 8 aliphatic rings. The zero-order chi connectivity index (χ0) is 81.5. The highest BCUT2D eigenvalue weighted by Crippen LogP contribution is 2.40. The Balaban J connectivity index is 1.04. The lowest BCUT2D eigenvalue weighted by molar-refractivity contribution is -0.400. The van der Waals surface area contributed by atoms with Crippen LogP contribution in [0.15, 0.2) is 0 Å². The molecule has 0 aromatic carbocycles. The maximum atomic E-state index is 13.5. The summed E-state index contributed by atoms with van der Waals surface area (Å²) < 4.78 is 94.9. The van der Waals surface area contributed by atoms with Crippen molar-refractivity contribution >= 4 is 23.6 Å². The van der Waals surface area contributed by atoms with Crippen molar-refractivity contribution in [1.82, 2.24) is 21.3 Å². The van der Waals surface area contributed by atoms with Crippen LogP contribution in [0.1, 0.15) is 41.5 Å². The van der Waals surface area contributed by atoms with E-state index < -0.39 is 346 Å². The number of nitrogens with one attached hydrogen (secondary N) is 4. The molecule has 48 nitrogen and oxygen atoms in total. The van der Waals surface area contributed by atoms with Crippen LogP contribution in [0.3, 0.4) is 0 Å². The van der Waals surface area contributed by atoms with Crippen molar-refractivity contribution in [3.63, 3.8) is 0 Å². The molecule has 0 bridgehead atoms. The predicted octanol–water partition coefficient (Wildman–Crippen LogP) is -18.4. The molecule has 28 N–H and O–H groups in total. The fourth-order valence-electron chi connectivity index (χ4n) is 14.0. The summed E-state index contributed by atoms with van der Waals surface area (Å²) in [5, 5.41) is 274. The van der Waals surface area contributed by atoms with E-state index in [1.165, 1.54) is 13.8 Å². The van der Waals surface area contributed by atoms with Crippen molar-refractivity contribution in [3.8, 4) is 0 Å². The van der Waals surface area contributed by atoms with E-state index >= 15 is 0 Å². The molecule has 0 spiro atoms. The second-order valence-corrected chi connectivity index (χ2v) is 27.9. The number of rotatable bonds is 31. The lowest BCUT2D eigenvalue weighted by atomic mass is 9.93. The lowest BCUT2D eigenvalue weighted by Gasteiger charge is -2.52. The minimum absolute atomic E-state index is 0.877. The Kier molecular flexibility index (Phi) is 33.7. The molecule has 8 saturated heterocycles. The standard InChI is InChI=1S/C62H106N4O44/c1-15-32(79)40(87)44(91)58(96-15)107-51-28(13-73)103-57(31(66-20(6)77)52(51)108-62-54(43(90)36(83)24(9-69)100-62)110-59-45(92)41(88)33(80)16(2)97-59)109-53-37(84)25(10-70)99-61(47(53)94)106-49-26(11-71)101-55(29(38(49)85)64-18(4)75)95-14-22(78)34(81)48(21(7-67)63-17(3)74)104-56-30(65-19(5)76)39(86)50(27(12-72)102-56)105-60-46(93)42(89)35(82)23(8-68)98-60/h15-16,21-62,67-73,78-94H,7-14H2,1-6H3,(H,63,74)(H,64,75)(H,65,76)(H,66,77)/t15-,16-,21-,22+,23+,24+,25+,26+,27+,28+,29+,30+,31+,32+,33+,34-,35-,36-,37-,38+,39+,40+,41+,42-,43-,44-,45-,46+,47+,48+,49+,50+,51+,52+,53-,54+,55+,56-,57-,58-,59-,60-,61-,62-/m0/s1. The van der Waals surface area contributed by atoms with Gasteiger partial charge in [-0.15, -0.1) is 0 Å². The molecule has 0 saturated carbocycles. The number of carbonyl (C=O) groups is 4. The van der Waals surface area contributed by atoms with E-state index in [4.69, 9.17) is 75.8 Å². The zero-order valence-corrected chi connectivity index (χ0v) is 60.0. The summed E-state index contributed by atoms with van der Waals surface area (Å²) in [6.45, 7) is -2.46. The number of aliphatic hydroxyl groups is 24. The number of ether oxygens (including phenoxy) is 16. The van der Waals surface area contributed by atoms with Gasteiger partial charge in [0.2, 0.25) is 23.6 Å². The monoisotopic (exact) mass is 1610 g/mol. The van der Waals surface area contributed by atoms with E-state index in [-0.39, 0.29) is 0 Å². The first-order valence-corrected chi connectivity index (χ1v) is 35.3. The summed E-state index contributed by atoms with van der Waals surface area (Å²) in [4.78, 5) is 51.6. The predicted molar refractivity (Wildman–Crippen MR) is 343 cm³/mol. The quantitative estimate of drug-likeness (QED) is 0.0306. The average molecular weight is 1610 g/mol. The number of hydrogen-bond donors (Lipinski definition) is 28. The fraction of sp³-hybridized carbons (Fsp3) is 0.935. The van der Waals surface area contributed by atoms with Gasteiger partial charge in [0.05, 0.1) is 71.1 Å². The summed E-state index contributed by atoms with van der Waals surface area (Å²) in [6, 6.07) is -7.49. The summed E-state index contributed by atoms with van der Waals surface area (Å²) in [5.74, 6) is -3.69. The molecule has 8 rings (SSSR count). The van der Waals surface area contributed by atoms with Crippen LogP contribution in [0.5, 0.6) is 0 Å². The van der Waals surface area contributed by atoms with E-state index in [1.54, 1.807) is 0 Å². The minimum Gasteiger partial charge on any atom is -0.394 e. The summed E-state index contributed by atoms with van der Waals surface area (Å²) in [5.41, 5.74) is 0. The van der Waals surface area contributed by atoms with Crippen LogP contribution in [0.25, 0.3) is 0 Å². The first-order chi connectivity index (χ1) is 51.9. The SMILES string of the molecule is CC(=O)N[C@H]1[C@H](O[C@@H]([C@@H](O)[C@H](O)CO[C@@H]2O[C@H](CO)[C@@H](O[C@@H]3O[C@H](CO)[C@H](O)[C@H](O[C@@H]4O[C@H](CO)[C@@H](O[C@@H]5O[C@@H](C)[C@@H](O)[C@@H](O)[C@@H]5O)[C@H](O[C@@H]5O[C@H](CO)[C@H](O)[C@H](O)[C@H]5O[C@@H]5O[C@@H](C)[C@@H](O)[C@@H](O)[C@@H]5O)[C@H]4NC(C)=O)[C@H]3O)[C@H](O)[C@H]2NC(C)=O)[C@H](CO)NC(C)=O)O[C@H](CO)[C@@H](O[C@@H]2O[C@H](CO)[C@H](O)[C@H](O)[C@H]2O)[C@@H]1O. The Hall–Kier alpha value is -3.72. The van der Waals surface area contributed by atoms with E-state index in [0.717, 1.165) is 27.7 Å². The maximum absolute atomic E-state index is 13.5. The average Bonchev–Trinajstić information content (AvgIpc) is 0.762. The molecule has 638 valence electrons. The van der Waals surface area contributed by atoms with Crippen molar-refractivity contribution < 1.29 is 218 Å². The molecular weight excluding hydrogens is 1500 g/mol. The van der Waals surface area contributed by atoms with Crippen molar-refractivity contribution in [1.29, 1.82) is 0 Å². The van der Waals surface area contributed by atoms with E-state index in [1.807, 2.05) is 0 Å². The molecule has 0 aromatic rings. The molecule has 8 fully saturated rings. The summed E-state index contributed by atoms with van der Waals surface area (Å²) >= 11 is 0. The normalized spacial score (nSPS) is 46.6. The van der Waals surface area contributed by atoms with E-state index in [9.17, 15) is 142 Å². The van der Waals surface area contributed by atoms with Gasteiger partial charge >= 0.3 is 0 Å². The first-order valence-electron chi connectivity index (χ1n) is 35.3. The number of hydrogen-bond acceptors (Lipinski definition) is 44. The minimum atomic E-state index is -2.42. The van der Waals surface area contributed by atoms with Gasteiger partial charge in [-0.2, -0.15) is 0 Å². The molecule has 8 aliphatic heterocycles. The van der Waals surface area contributed by atoms with Gasteiger partial charge in [-0.3, -0.25) is 19.2 Å². The number of aliphatic hydroxyl groups excluding tert-OH is 24. The molecule has 0 aliphatic carbocycles. The van der Waals surface area contributed by atoms with Crippen molar-refractivity contribution in [3.05, 3.63) is 0 Å². The Morgan fingerprint density at radius 1 is 0.327 bits per heavy atom. The zero-order valence-electron chi connectivity index (χ0n) is 60.0. The largest absolute Gasteiger partial charge is 0.394 e. The van der Waals surface area contributed by atoms with Gasteiger partial charge in [-0.25, -0.2) is 0 Å². The van der Waals surface area contributed by atoms with Gasteiger partial charge in [-0.1, -0.05) is 0 Å². The Morgan fingerprint density at radius 3 is 1.15 bits per heavy atom. The third-order valence-electron chi connectivity index (χ3n) is 19.9. The van der Waals surface area contributed by atoms with Crippen molar-refractivity contribution in [2.24, 2.45) is 0 Å². The number of carbonyl (C=O) groups excluding carboxylic acids is 4. The maximum Gasteiger partial charge on any atom is 0.217 e. The van der Waals surface area contributed by atoms with Gasteiger partial charge in [0, 0.05) is 27.7 Å². The summed E-state index contributed by atoms with van der Waals surface area (Å²) in [6.07, 6.45) is -79.8. The molecule has 48 heteroatoms. The van der Waals surface area contributed by atoms with Crippen LogP contribution in [0.4, 0.5) is 0 Å². The summed E-state index contributed by atoms with van der Waals surface area (Å²) in [7, 11) is 0. The van der Waals surface area contributed by atoms with E-state index in [0.29, 0.717) is 0 Å². The molecule has 4 amide bonds. The van der Waals surface area contributed by atoms with Crippen LogP contribution in [-0.4, -0.2) is 469 Å². The van der Waals surface area contributed by atoms with Crippen LogP contribution in [0.2, 0.25) is 0 Å². The molecule has 0 aromatic heterocycles. The first kappa shape index (κ1) is 91.8. The Labute approximate surface area is 625 Å². The molecule has 0 radical (unpaired) electrons. The van der Waals surface area contributed by atoms with Crippen LogP contribution in [-0.2, 0) is 95.0 Å². The van der Waals surface area contributed by atoms with Gasteiger partial charge in [-0.05, 0) is 13.8 Å². The smallest absolute Gasteiger partial charge is 0.217 e. The molecular formula is C62H106N4O44. The highest BCUT2D eigenvalue weighted by Gasteiger charge is 2.61. The molecule has 0 unspecified atom stereocenters. The van der Waals surface area contributed by atoms with Crippen molar-refractivity contribution in [2.75, 3.05) is 52.9 Å². The second-order valence-electron chi connectivity index (χ2n) is 27.9. The third-order valence-corrected chi connectivity index (χ3v) is 19.9. The highest BCUT2D eigenvalue weighted by molar-refractivity contribution is 5.74. The van der Waals surface area contributed by atoms with Crippen LogP contribution in [0, 0.1) is 0 Å². The van der Waals surface area contributed by atoms with Crippen LogP contribution < -0.4 is 21.3 Å². The van der Waals surface area contributed by atoms with Gasteiger partial charge < -0.3 is 220 Å². The second kappa shape index (κ2) is 40.4. The molecule has 44 atom stereocenters. The van der Waals surface area contributed by atoms with Gasteiger partial charge in [0.25, 0.3) is 0 Å². The third kappa shape index (κ3) is 20.8. The van der Waals surface area contributed by atoms with Crippen molar-refractivity contribution in [2.45, 2.75) is 311 Å². The van der Waals surface area contributed by atoms with Crippen LogP contribution >= 0.6 is 0 Å². The fourth-order valence-corrected chi connectivity index (χ4v) is 14.0.